The topological polar surface area (TPSA) is 95.8 Å². The third-order valence-corrected chi connectivity index (χ3v) is 6.47. The summed E-state index contributed by atoms with van der Waals surface area (Å²) in [5.74, 6) is -0.0551. The zero-order valence-electron chi connectivity index (χ0n) is 18.1. The van der Waals surface area contributed by atoms with Crippen LogP contribution in [0.3, 0.4) is 0 Å². The van der Waals surface area contributed by atoms with Crippen molar-refractivity contribution in [2.45, 2.75) is 5.37 Å². The fourth-order valence-corrected chi connectivity index (χ4v) is 4.76. The van der Waals surface area contributed by atoms with Crippen molar-refractivity contribution in [2.75, 3.05) is 35.0 Å². The Morgan fingerprint density at radius 2 is 1.82 bits per heavy atom. The Balaban J connectivity index is 1.56. The first-order valence-corrected chi connectivity index (χ1v) is 11.2. The molecule has 1 aliphatic rings. The van der Waals surface area contributed by atoms with Crippen LogP contribution in [0.4, 0.5) is 22.7 Å². The number of hydrogen-bond donors (Lipinski definition) is 1. The van der Waals surface area contributed by atoms with Crippen molar-refractivity contribution in [1.29, 1.82) is 0 Å². The van der Waals surface area contributed by atoms with Gasteiger partial charge >= 0.3 is 0 Å². The largest absolute Gasteiger partial charge is 0.378 e. The number of nitrogens with one attached hydrogen (secondary N) is 1. The molecule has 2 amide bonds. The van der Waals surface area contributed by atoms with Crippen LogP contribution in [0.25, 0.3) is 0 Å². The highest BCUT2D eigenvalue weighted by Crippen LogP contribution is 2.42. The number of benzene rings is 3. The van der Waals surface area contributed by atoms with E-state index in [1.54, 1.807) is 11.0 Å². The van der Waals surface area contributed by atoms with Crippen molar-refractivity contribution in [3.63, 3.8) is 0 Å². The molecule has 0 aromatic heterocycles. The van der Waals surface area contributed by atoms with Gasteiger partial charge < -0.3 is 10.2 Å². The summed E-state index contributed by atoms with van der Waals surface area (Å²) in [7, 11) is 3.92. The summed E-state index contributed by atoms with van der Waals surface area (Å²) in [6, 6.07) is 20.7. The number of carbonyl (C=O) groups excluding carboxylic acids is 2. The van der Waals surface area contributed by atoms with Gasteiger partial charge in [-0.15, -0.1) is 11.8 Å². The second-order valence-electron chi connectivity index (χ2n) is 7.72. The SMILES string of the molecule is CN(C)c1ccc(N2C(=O)CS[C@@H]2c2cccc(NC(=O)c3cccc([N+](=O)[O-])c3)c2)cc1. The van der Waals surface area contributed by atoms with Gasteiger partial charge in [-0.25, -0.2) is 0 Å². The lowest BCUT2D eigenvalue weighted by atomic mass is 10.1. The van der Waals surface area contributed by atoms with E-state index in [4.69, 9.17) is 0 Å². The molecule has 0 unspecified atom stereocenters. The molecule has 9 heteroatoms. The summed E-state index contributed by atoms with van der Waals surface area (Å²) >= 11 is 1.52. The second kappa shape index (κ2) is 9.33. The van der Waals surface area contributed by atoms with Crippen molar-refractivity contribution in [3.8, 4) is 0 Å². The van der Waals surface area contributed by atoms with Crippen molar-refractivity contribution in [3.05, 3.63) is 94.0 Å². The van der Waals surface area contributed by atoms with Gasteiger partial charge in [0.1, 0.15) is 5.37 Å². The summed E-state index contributed by atoms with van der Waals surface area (Å²) < 4.78 is 0. The average Bonchev–Trinajstić information content (AvgIpc) is 3.20. The molecular formula is C24H22N4O4S. The zero-order valence-corrected chi connectivity index (χ0v) is 18.9. The Morgan fingerprint density at radius 1 is 1.09 bits per heavy atom. The highest BCUT2D eigenvalue weighted by atomic mass is 32.2. The minimum atomic E-state index is -0.536. The van der Waals surface area contributed by atoms with E-state index in [0.29, 0.717) is 11.4 Å². The molecule has 4 rings (SSSR count). The molecule has 3 aromatic rings. The Kier molecular flexibility index (Phi) is 6.32. The fourth-order valence-electron chi connectivity index (χ4n) is 3.60. The number of nitro groups is 1. The van der Waals surface area contributed by atoms with Gasteiger partial charge in [0.25, 0.3) is 11.6 Å². The Hall–Kier alpha value is -3.85. The number of non-ortho nitro benzene ring substituents is 1. The molecule has 0 bridgehead atoms. The number of anilines is 3. The maximum Gasteiger partial charge on any atom is 0.270 e. The lowest BCUT2D eigenvalue weighted by molar-refractivity contribution is -0.384. The van der Waals surface area contributed by atoms with Crippen LogP contribution in [0, 0.1) is 10.1 Å². The molecule has 33 heavy (non-hydrogen) atoms. The van der Waals surface area contributed by atoms with Crippen LogP contribution in [0.15, 0.2) is 72.8 Å². The molecule has 8 nitrogen and oxygen atoms in total. The molecule has 0 spiro atoms. The molecular weight excluding hydrogens is 440 g/mol. The Bertz CT molecular complexity index is 1210. The van der Waals surface area contributed by atoms with Gasteiger partial charge in [-0.3, -0.25) is 24.6 Å². The lowest BCUT2D eigenvalue weighted by Gasteiger charge is -2.25. The molecule has 0 aliphatic carbocycles. The summed E-state index contributed by atoms with van der Waals surface area (Å²) in [5.41, 5.74) is 3.33. The summed E-state index contributed by atoms with van der Waals surface area (Å²) in [6.07, 6.45) is 0. The first-order valence-electron chi connectivity index (χ1n) is 10.2. The van der Waals surface area contributed by atoms with Gasteiger partial charge in [-0.1, -0.05) is 18.2 Å². The number of hydrogen-bond acceptors (Lipinski definition) is 6. The van der Waals surface area contributed by atoms with Gasteiger partial charge in [-0.05, 0) is 48.0 Å². The maximum atomic E-state index is 12.7. The number of nitrogens with zero attached hydrogens (tertiary/aromatic N) is 3. The molecule has 168 valence electrons. The number of carbonyl (C=O) groups is 2. The minimum Gasteiger partial charge on any atom is -0.378 e. The van der Waals surface area contributed by atoms with Crippen LogP contribution in [-0.4, -0.2) is 36.6 Å². The first kappa shape index (κ1) is 22.3. The predicted octanol–water partition coefficient (Wildman–Crippen LogP) is 4.69. The van der Waals surface area contributed by atoms with E-state index in [1.165, 1.54) is 36.0 Å². The van der Waals surface area contributed by atoms with E-state index in [-0.39, 0.29) is 22.5 Å². The number of amides is 2. The Morgan fingerprint density at radius 3 is 2.52 bits per heavy atom. The fraction of sp³-hybridized carbons (Fsp3) is 0.167. The molecule has 1 heterocycles. The molecule has 0 radical (unpaired) electrons. The van der Waals surface area contributed by atoms with Crippen molar-refractivity contribution in [2.24, 2.45) is 0 Å². The van der Waals surface area contributed by atoms with Gasteiger partial charge in [0.15, 0.2) is 0 Å². The molecule has 1 atom stereocenters. The van der Waals surface area contributed by atoms with Crippen LogP contribution in [0.2, 0.25) is 0 Å². The van der Waals surface area contributed by atoms with Crippen LogP contribution in [-0.2, 0) is 4.79 Å². The standard InChI is InChI=1S/C24H22N4O4S/c1-26(2)19-9-11-20(12-10-19)27-22(29)15-33-24(27)17-6-3-7-18(13-17)25-23(30)16-5-4-8-21(14-16)28(31)32/h3-14,24H,15H2,1-2H3,(H,25,30)/t24-/m1/s1. The van der Waals surface area contributed by atoms with E-state index in [2.05, 4.69) is 5.32 Å². The quantitative estimate of drug-likeness (QED) is 0.422. The van der Waals surface area contributed by atoms with Gasteiger partial charge in [0, 0.05) is 48.9 Å². The summed E-state index contributed by atoms with van der Waals surface area (Å²) in [6.45, 7) is 0. The number of thioether (sulfide) groups is 1. The van der Waals surface area contributed by atoms with Crippen LogP contribution >= 0.6 is 11.8 Å². The van der Waals surface area contributed by atoms with E-state index in [0.717, 1.165) is 16.9 Å². The molecule has 0 saturated carbocycles. The second-order valence-corrected chi connectivity index (χ2v) is 8.79. The zero-order chi connectivity index (χ0) is 23.5. The normalized spacial score (nSPS) is 15.4. The smallest absolute Gasteiger partial charge is 0.270 e. The minimum absolute atomic E-state index is 0.0219. The molecule has 3 aromatic carbocycles. The molecule has 1 N–H and O–H groups in total. The molecule has 1 fully saturated rings. The van der Waals surface area contributed by atoms with E-state index >= 15 is 0 Å². The third-order valence-electron chi connectivity index (χ3n) is 5.26. The molecule has 1 saturated heterocycles. The monoisotopic (exact) mass is 462 g/mol. The number of rotatable bonds is 6. The van der Waals surface area contributed by atoms with Crippen molar-refractivity contribution >= 4 is 46.3 Å². The number of nitro benzene ring substituents is 1. The van der Waals surface area contributed by atoms with E-state index in [9.17, 15) is 19.7 Å². The lowest BCUT2D eigenvalue weighted by Crippen LogP contribution is -2.27. The van der Waals surface area contributed by atoms with Crippen molar-refractivity contribution in [1.82, 2.24) is 0 Å². The van der Waals surface area contributed by atoms with E-state index in [1.807, 2.05) is 61.5 Å². The van der Waals surface area contributed by atoms with Gasteiger partial charge in [-0.2, -0.15) is 0 Å². The average molecular weight is 463 g/mol. The summed E-state index contributed by atoms with van der Waals surface area (Å²) in [4.78, 5) is 39.5. The highest BCUT2D eigenvalue weighted by molar-refractivity contribution is 8.00. The summed E-state index contributed by atoms with van der Waals surface area (Å²) in [5, 5.41) is 13.6. The first-order chi connectivity index (χ1) is 15.8. The van der Waals surface area contributed by atoms with Gasteiger partial charge in [0.2, 0.25) is 5.91 Å². The third kappa shape index (κ3) is 4.83. The van der Waals surface area contributed by atoms with E-state index < -0.39 is 10.8 Å². The maximum absolute atomic E-state index is 12.7. The van der Waals surface area contributed by atoms with Crippen LogP contribution < -0.4 is 15.1 Å². The predicted molar refractivity (Wildman–Crippen MR) is 131 cm³/mol. The van der Waals surface area contributed by atoms with Crippen LogP contribution in [0.5, 0.6) is 0 Å². The van der Waals surface area contributed by atoms with Crippen molar-refractivity contribution < 1.29 is 14.5 Å². The highest BCUT2D eigenvalue weighted by Gasteiger charge is 2.34. The Labute approximate surface area is 195 Å². The molecule has 1 aliphatic heterocycles. The van der Waals surface area contributed by atoms with Crippen LogP contribution in [0.1, 0.15) is 21.3 Å². The van der Waals surface area contributed by atoms with Gasteiger partial charge in [0.05, 0.1) is 10.7 Å².